The molecular weight excluding hydrogens is 250 g/mol. The first kappa shape index (κ1) is 12.6. The van der Waals surface area contributed by atoms with Gasteiger partial charge in [0.25, 0.3) is 0 Å². The van der Waals surface area contributed by atoms with Gasteiger partial charge in [0.1, 0.15) is 0 Å². The van der Waals surface area contributed by atoms with Crippen LogP contribution in [0, 0.1) is 0 Å². The summed E-state index contributed by atoms with van der Waals surface area (Å²) >= 11 is 1.83. The maximum absolute atomic E-state index is 3.64. The third-order valence-electron chi connectivity index (χ3n) is 3.20. The highest BCUT2D eigenvalue weighted by atomic mass is 35.5. The van der Waals surface area contributed by atoms with Crippen molar-refractivity contribution in [3.8, 4) is 0 Å². The van der Waals surface area contributed by atoms with Crippen molar-refractivity contribution in [3.05, 3.63) is 57.8 Å². The summed E-state index contributed by atoms with van der Waals surface area (Å²) in [5.74, 6) is 0. The molecule has 1 heterocycles. The van der Waals surface area contributed by atoms with Crippen molar-refractivity contribution >= 4 is 23.7 Å². The van der Waals surface area contributed by atoms with Gasteiger partial charge in [-0.3, -0.25) is 0 Å². The molecule has 1 aliphatic rings. The maximum Gasteiger partial charge on any atom is 0.0302 e. The Morgan fingerprint density at radius 3 is 2.35 bits per heavy atom. The van der Waals surface area contributed by atoms with Crippen LogP contribution in [0.1, 0.15) is 16.0 Å². The molecule has 90 valence electrons. The molecule has 3 rings (SSSR count). The number of benzene rings is 1. The minimum Gasteiger partial charge on any atom is -0.308 e. The maximum atomic E-state index is 3.64. The average Bonchev–Trinajstić information content (AvgIpc) is 2.95. The van der Waals surface area contributed by atoms with Gasteiger partial charge in [0.2, 0.25) is 0 Å². The monoisotopic (exact) mass is 265 g/mol. The van der Waals surface area contributed by atoms with E-state index < -0.39 is 0 Å². The second-order valence-corrected chi connectivity index (χ2v) is 5.37. The second-order valence-electron chi connectivity index (χ2n) is 4.33. The average molecular weight is 266 g/mol. The number of nitrogens with one attached hydrogen (secondary N) is 1. The third kappa shape index (κ3) is 2.89. The summed E-state index contributed by atoms with van der Waals surface area (Å²) in [6.07, 6.45) is 2.36. The van der Waals surface area contributed by atoms with E-state index in [1.54, 1.807) is 0 Å². The lowest BCUT2D eigenvalue weighted by Crippen LogP contribution is -2.28. The summed E-state index contributed by atoms with van der Waals surface area (Å²) in [4.78, 5) is 1.43. The van der Waals surface area contributed by atoms with Crippen molar-refractivity contribution in [2.45, 2.75) is 25.4 Å². The first-order valence-electron chi connectivity index (χ1n) is 5.74. The Morgan fingerprint density at radius 2 is 1.76 bits per heavy atom. The Bertz CT molecular complexity index is 442. The van der Waals surface area contributed by atoms with Crippen LogP contribution in [0.15, 0.2) is 41.8 Å². The highest BCUT2D eigenvalue weighted by Crippen LogP contribution is 2.22. The van der Waals surface area contributed by atoms with Crippen molar-refractivity contribution in [3.63, 3.8) is 0 Å². The highest BCUT2D eigenvalue weighted by molar-refractivity contribution is 7.09. The first-order valence-corrected chi connectivity index (χ1v) is 6.62. The van der Waals surface area contributed by atoms with Crippen LogP contribution in [0.25, 0.3) is 0 Å². The summed E-state index contributed by atoms with van der Waals surface area (Å²) in [5, 5.41) is 5.78. The van der Waals surface area contributed by atoms with Gasteiger partial charge in [-0.15, -0.1) is 23.7 Å². The molecule has 1 aromatic heterocycles. The van der Waals surface area contributed by atoms with E-state index in [1.807, 2.05) is 11.3 Å². The molecule has 0 amide bonds. The molecule has 3 heteroatoms. The van der Waals surface area contributed by atoms with Gasteiger partial charge >= 0.3 is 0 Å². The third-order valence-corrected chi connectivity index (χ3v) is 4.07. The zero-order chi connectivity index (χ0) is 10.8. The van der Waals surface area contributed by atoms with E-state index in [0.29, 0.717) is 6.04 Å². The van der Waals surface area contributed by atoms with Gasteiger partial charge in [-0.05, 0) is 35.4 Å². The topological polar surface area (TPSA) is 12.0 Å². The molecule has 1 nitrogen and oxygen atoms in total. The van der Waals surface area contributed by atoms with Crippen molar-refractivity contribution in [2.75, 3.05) is 0 Å². The van der Waals surface area contributed by atoms with Gasteiger partial charge in [0.05, 0.1) is 0 Å². The molecule has 0 spiro atoms. The Labute approximate surface area is 112 Å². The van der Waals surface area contributed by atoms with E-state index in [4.69, 9.17) is 0 Å². The molecule has 0 saturated carbocycles. The zero-order valence-electron chi connectivity index (χ0n) is 9.56. The lowest BCUT2D eigenvalue weighted by molar-refractivity contribution is 0.536. The van der Waals surface area contributed by atoms with Crippen molar-refractivity contribution in [2.24, 2.45) is 0 Å². The molecule has 0 radical (unpaired) electrons. The molecule has 0 atom stereocenters. The van der Waals surface area contributed by atoms with Crippen LogP contribution in [0.3, 0.4) is 0 Å². The Kier molecular flexibility index (Phi) is 4.21. The van der Waals surface area contributed by atoms with E-state index in [-0.39, 0.29) is 12.4 Å². The molecule has 2 aromatic rings. The minimum absolute atomic E-state index is 0. The molecule has 1 aliphatic carbocycles. The van der Waals surface area contributed by atoms with Crippen LogP contribution in [-0.2, 0) is 19.4 Å². The van der Waals surface area contributed by atoms with Gasteiger partial charge in [-0.1, -0.05) is 30.3 Å². The van der Waals surface area contributed by atoms with Crippen LogP contribution in [0.4, 0.5) is 0 Å². The van der Waals surface area contributed by atoms with Crippen LogP contribution in [0.5, 0.6) is 0 Å². The van der Waals surface area contributed by atoms with E-state index >= 15 is 0 Å². The molecule has 0 unspecified atom stereocenters. The summed E-state index contributed by atoms with van der Waals surface area (Å²) in [5.41, 5.74) is 3.04. The number of rotatable bonds is 3. The second kappa shape index (κ2) is 5.67. The fourth-order valence-corrected chi connectivity index (χ4v) is 3.02. The normalized spacial score (nSPS) is 14.4. The SMILES string of the molecule is Cl.c1csc(CNC2Cc3ccccc3C2)c1. The Balaban J connectivity index is 0.00000108. The van der Waals surface area contributed by atoms with E-state index in [9.17, 15) is 0 Å². The number of fused-ring (bicyclic) bond motifs is 1. The summed E-state index contributed by atoms with van der Waals surface area (Å²) in [6.45, 7) is 1.01. The molecule has 17 heavy (non-hydrogen) atoms. The van der Waals surface area contributed by atoms with Crippen LogP contribution in [-0.4, -0.2) is 6.04 Å². The lowest BCUT2D eigenvalue weighted by Gasteiger charge is -2.10. The van der Waals surface area contributed by atoms with Crippen molar-refractivity contribution in [1.82, 2.24) is 5.32 Å². The zero-order valence-corrected chi connectivity index (χ0v) is 11.2. The lowest BCUT2D eigenvalue weighted by atomic mass is 10.1. The highest BCUT2D eigenvalue weighted by Gasteiger charge is 2.19. The number of hydrogen-bond acceptors (Lipinski definition) is 2. The van der Waals surface area contributed by atoms with Gasteiger partial charge in [-0.25, -0.2) is 0 Å². The van der Waals surface area contributed by atoms with Crippen molar-refractivity contribution < 1.29 is 0 Å². The van der Waals surface area contributed by atoms with Crippen LogP contribution in [0.2, 0.25) is 0 Å². The Morgan fingerprint density at radius 1 is 1.06 bits per heavy atom. The smallest absolute Gasteiger partial charge is 0.0302 e. The molecule has 0 saturated heterocycles. The summed E-state index contributed by atoms with van der Waals surface area (Å²) in [7, 11) is 0. The van der Waals surface area contributed by atoms with Gasteiger partial charge in [-0.2, -0.15) is 0 Å². The van der Waals surface area contributed by atoms with Gasteiger partial charge in [0, 0.05) is 17.5 Å². The summed E-state index contributed by atoms with van der Waals surface area (Å²) in [6, 6.07) is 13.7. The number of hydrogen-bond donors (Lipinski definition) is 1. The largest absolute Gasteiger partial charge is 0.308 e. The van der Waals surface area contributed by atoms with Crippen molar-refractivity contribution in [1.29, 1.82) is 0 Å². The summed E-state index contributed by atoms with van der Waals surface area (Å²) < 4.78 is 0. The van der Waals surface area contributed by atoms with Gasteiger partial charge in [0.15, 0.2) is 0 Å². The minimum atomic E-state index is 0. The van der Waals surface area contributed by atoms with E-state index in [2.05, 4.69) is 47.1 Å². The molecule has 0 aliphatic heterocycles. The van der Waals surface area contributed by atoms with Crippen LogP contribution >= 0.6 is 23.7 Å². The standard InChI is InChI=1S/C14H15NS.ClH/c1-2-5-12-9-13(8-11(12)4-1)15-10-14-6-3-7-16-14;/h1-7,13,15H,8-10H2;1H. The quantitative estimate of drug-likeness (QED) is 0.897. The Hall–Kier alpha value is -0.830. The molecule has 1 N–H and O–H groups in total. The number of thiophene rings is 1. The number of halogens is 1. The van der Waals surface area contributed by atoms with E-state index in [1.165, 1.54) is 28.8 Å². The fraction of sp³-hybridized carbons (Fsp3) is 0.286. The fourth-order valence-electron chi connectivity index (χ4n) is 2.36. The van der Waals surface area contributed by atoms with Crippen LogP contribution < -0.4 is 5.32 Å². The predicted molar refractivity (Wildman–Crippen MR) is 76.0 cm³/mol. The van der Waals surface area contributed by atoms with E-state index in [0.717, 1.165) is 6.54 Å². The first-order chi connectivity index (χ1) is 7.92. The molecule has 0 fully saturated rings. The predicted octanol–water partition coefficient (Wildman–Crippen LogP) is 3.43. The molecular formula is C14H16ClNS. The molecule has 1 aromatic carbocycles. The van der Waals surface area contributed by atoms with Gasteiger partial charge < -0.3 is 5.32 Å². The molecule has 0 bridgehead atoms.